The lowest BCUT2D eigenvalue weighted by Crippen LogP contribution is -2.53. The van der Waals surface area contributed by atoms with Crippen molar-refractivity contribution in [3.8, 4) is 0 Å². The Kier molecular flexibility index (Phi) is 7.24. The average Bonchev–Trinajstić information content (AvgIpc) is 2.33. The summed E-state index contributed by atoms with van der Waals surface area (Å²) in [5, 5.41) is 21.2. The molecule has 2 unspecified atom stereocenters. The number of rotatable bonds is 5. The molecular weight excluding hydrogens is 651 g/mol. The number of carboxylic acids is 2. The summed E-state index contributed by atoms with van der Waals surface area (Å²) in [5.74, 6) is -5.14. The van der Waals surface area contributed by atoms with E-state index in [-0.39, 0.29) is 9.15 Å². The van der Waals surface area contributed by atoms with E-state index in [9.17, 15) is 29.4 Å². The highest BCUT2D eigenvalue weighted by atomic mass is 127. The molecule has 0 saturated carbocycles. The predicted molar refractivity (Wildman–Crippen MR) is 103 cm³/mol. The van der Waals surface area contributed by atoms with E-state index in [0.29, 0.717) is 3.58 Å². The molecule has 0 aliphatic heterocycles. The van der Waals surface area contributed by atoms with Gasteiger partial charge < -0.3 is 20.3 Å². The maximum Gasteiger partial charge on any atom is 0.337 e. The topological polar surface area (TPSA) is 130 Å². The molecule has 0 spiro atoms. The molecule has 1 amide bonds. The Morgan fingerprint density at radius 1 is 1.30 bits per heavy atom. The van der Waals surface area contributed by atoms with Crippen LogP contribution in [0.3, 0.4) is 0 Å². The maximum atomic E-state index is 11.9. The predicted octanol–water partition coefficient (Wildman–Crippen LogP) is 1.60. The van der Waals surface area contributed by atoms with Gasteiger partial charge in [0.25, 0.3) is 5.91 Å². The third-order valence-corrected chi connectivity index (χ3v) is 5.90. The number of halogens is 3. The molecule has 11 heteroatoms. The summed E-state index contributed by atoms with van der Waals surface area (Å²) < 4.78 is 3.58. The van der Waals surface area contributed by atoms with E-state index >= 15 is 0 Å². The van der Waals surface area contributed by atoms with E-state index < -0.39 is 39.9 Å². The van der Waals surface area contributed by atoms with Crippen LogP contribution in [0, 0.1) is 5.92 Å². The third-order valence-electron chi connectivity index (χ3n) is 2.69. The number of carboxylic acid groups (broad SMARTS) is 2. The zero-order valence-corrected chi connectivity index (χ0v) is 17.9. The molecule has 126 valence electrons. The standard InChI is InChI=1S/C12H10I3NO7/c1-4(17)23-3-6(18)16-12(15)2-5(13)7(10(19)20)9(14)8(12)11(21)22/h2,8H,3H2,1H3,(H,16,18)(H,19,20)(H,21,22). The molecule has 0 fully saturated rings. The molecule has 1 rings (SSSR count). The first-order valence-electron chi connectivity index (χ1n) is 5.87. The number of carbonyl (C=O) groups excluding carboxylic acids is 2. The second kappa shape index (κ2) is 8.09. The van der Waals surface area contributed by atoms with Crippen molar-refractivity contribution in [3.63, 3.8) is 0 Å². The van der Waals surface area contributed by atoms with Crippen molar-refractivity contribution in [1.82, 2.24) is 5.32 Å². The van der Waals surface area contributed by atoms with Crippen molar-refractivity contribution < 1.29 is 34.1 Å². The van der Waals surface area contributed by atoms with Crippen molar-refractivity contribution in [3.05, 3.63) is 18.8 Å². The molecule has 2 atom stereocenters. The van der Waals surface area contributed by atoms with Crippen LogP contribution in [0.5, 0.6) is 0 Å². The van der Waals surface area contributed by atoms with Crippen molar-refractivity contribution in [1.29, 1.82) is 0 Å². The summed E-state index contributed by atoms with van der Waals surface area (Å²) in [7, 11) is 0. The summed E-state index contributed by atoms with van der Waals surface area (Å²) in [6.45, 7) is 0.588. The molecule has 3 N–H and O–H groups in total. The minimum absolute atomic E-state index is 0.0942. The lowest BCUT2D eigenvalue weighted by Gasteiger charge is -2.35. The zero-order chi connectivity index (χ0) is 17.9. The molecule has 0 radical (unpaired) electrons. The summed E-state index contributed by atoms with van der Waals surface area (Å²) in [6, 6.07) is 0. The lowest BCUT2D eigenvalue weighted by atomic mass is 9.91. The van der Waals surface area contributed by atoms with Gasteiger partial charge in [-0.05, 0) is 73.8 Å². The molecule has 0 heterocycles. The van der Waals surface area contributed by atoms with Crippen molar-refractivity contribution in [2.24, 2.45) is 5.92 Å². The second-order valence-electron chi connectivity index (χ2n) is 4.39. The smallest absolute Gasteiger partial charge is 0.337 e. The van der Waals surface area contributed by atoms with Crippen molar-refractivity contribution in [2.45, 2.75) is 10.5 Å². The first kappa shape index (κ1) is 20.6. The Morgan fingerprint density at radius 2 is 1.87 bits per heavy atom. The number of carbonyl (C=O) groups is 4. The van der Waals surface area contributed by atoms with Gasteiger partial charge >= 0.3 is 17.9 Å². The first-order chi connectivity index (χ1) is 10.5. The molecule has 0 bridgehead atoms. The van der Waals surface area contributed by atoms with E-state index in [1.165, 1.54) is 6.08 Å². The number of hydrogen-bond acceptors (Lipinski definition) is 5. The van der Waals surface area contributed by atoms with Crippen LogP contribution >= 0.6 is 67.8 Å². The second-order valence-corrected chi connectivity index (χ2v) is 8.50. The van der Waals surface area contributed by atoms with Gasteiger partial charge in [-0.15, -0.1) is 0 Å². The van der Waals surface area contributed by atoms with Gasteiger partial charge in [0, 0.05) is 14.1 Å². The highest BCUT2D eigenvalue weighted by Crippen LogP contribution is 2.45. The van der Waals surface area contributed by atoms with Crippen molar-refractivity contribution >= 4 is 91.6 Å². The Balaban J connectivity index is 3.19. The molecule has 1 aliphatic carbocycles. The number of aliphatic carboxylic acids is 2. The zero-order valence-electron chi connectivity index (χ0n) is 11.4. The molecule has 0 saturated heterocycles. The fourth-order valence-electron chi connectivity index (χ4n) is 1.80. The van der Waals surface area contributed by atoms with Crippen LogP contribution in [0.1, 0.15) is 6.92 Å². The Morgan fingerprint density at radius 3 is 2.30 bits per heavy atom. The van der Waals surface area contributed by atoms with Crippen LogP contribution in [0.2, 0.25) is 0 Å². The van der Waals surface area contributed by atoms with Crippen LogP contribution < -0.4 is 5.32 Å². The van der Waals surface area contributed by atoms with Crippen LogP contribution in [0.25, 0.3) is 0 Å². The summed E-state index contributed by atoms with van der Waals surface area (Å²) in [6.07, 6.45) is 1.37. The minimum Gasteiger partial charge on any atom is -0.481 e. The quantitative estimate of drug-likeness (QED) is 0.177. The van der Waals surface area contributed by atoms with E-state index in [4.69, 9.17) is 0 Å². The van der Waals surface area contributed by atoms with Crippen LogP contribution in [0.15, 0.2) is 18.8 Å². The van der Waals surface area contributed by atoms with Gasteiger partial charge in [0.05, 0.1) is 5.57 Å². The fourth-order valence-corrected chi connectivity index (χ4v) is 6.99. The minimum atomic E-state index is -1.38. The molecule has 23 heavy (non-hydrogen) atoms. The van der Waals surface area contributed by atoms with E-state index in [2.05, 4.69) is 10.1 Å². The number of nitrogens with one attached hydrogen (secondary N) is 1. The molecule has 0 aromatic carbocycles. The van der Waals surface area contributed by atoms with Gasteiger partial charge in [0.2, 0.25) is 0 Å². The largest absolute Gasteiger partial charge is 0.481 e. The number of alkyl halides is 1. The molecule has 1 aliphatic rings. The third kappa shape index (κ3) is 5.01. The van der Waals surface area contributed by atoms with Crippen LogP contribution in [-0.2, 0) is 23.9 Å². The normalized spacial score (nSPS) is 23.8. The summed E-state index contributed by atoms with van der Waals surface area (Å²) >= 11 is 5.17. The van der Waals surface area contributed by atoms with Crippen molar-refractivity contribution in [2.75, 3.05) is 6.61 Å². The summed E-state index contributed by atoms with van der Waals surface area (Å²) in [5.41, 5.74) is -0.111. The Bertz CT molecular complexity index is 643. The Hall–Kier alpha value is -0.450. The van der Waals surface area contributed by atoms with Gasteiger partial charge in [-0.2, -0.15) is 0 Å². The molecule has 0 aromatic heterocycles. The highest BCUT2D eigenvalue weighted by Gasteiger charge is 2.48. The van der Waals surface area contributed by atoms with E-state index in [0.717, 1.165) is 6.92 Å². The van der Waals surface area contributed by atoms with E-state index in [1.54, 1.807) is 67.8 Å². The van der Waals surface area contributed by atoms with Gasteiger partial charge in [-0.3, -0.25) is 14.4 Å². The lowest BCUT2D eigenvalue weighted by molar-refractivity contribution is -0.147. The SMILES string of the molecule is CC(=O)OCC(=O)NC1(I)C=C(I)C(C(=O)O)=C(I)C1C(=O)O. The number of amides is 1. The monoisotopic (exact) mass is 661 g/mol. The number of ether oxygens (including phenoxy) is 1. The van der Waals surface area contributed by atoms with Gasteiger partial charge in [0.1, 0.15) is 9.46 Å². The van der Waals surface area contributed by atoms with Crippen LogP contribution in [-0.4, -0.2) is 44.2 Å². The fraction of sp³-hybridized carbons (Fsp3) is 0.333. The number of esters is 1. The summed E-state index contributed by atoms with van der Waals surface area (Å²) in [4.78, 5) is 45.5. The molecular formula is C12H10I3NO7. The van der Waals surface area contributed by atoms with E-state index in [1.807, 2.05) is 0 Å². The first-order valence-corrected chi connectivity index (χ1v) is 9.11. The van der Waals surface area contributed by atoms with Crippen LogP contribution in [0.4, 0.5) is 0 Å². The molecule has 8 nitrogen and oxygen atoms in total. The number of hydrogen-bond donors (Lipinski definition) is 3. The van der Waals surface area contributed by atoms with Gasteiger partial charge in [-0.25, -0.2) is 4.79 Å². The maximum absolute atomic E-state index is 11.9. The highest BCUT2D eigenvalue weighted by molar-refractivity contribution is 14.1. The van der Waals surface area contributed by atoms with Gasteiger partial charge in [-0.1, -0.05) is 0 Å². The Labute approximate surface area is 171 Å². The molecule has 0 aromatic rings. The average molecular weight is 661 g/mol. The van der Waals surface area contributed by atoms with Gasteiger partial charge in [0.15, 0.2) is 6.61 Å².